The Kier molecular flexibility index (Phi) is 8.01. The summed E-state index contributed by atoms with van der Waals surface area (Å²) in [6, 6.07) is 0. The third kappa shape index (κ3) is 6.97. The van der Waals surface area contributed by atoms with Crippen molar-refractivity contribution in [3.8, 4) is 0 Å². The number of unbranched alkanes of at least 4 members (excludes halogenated alkanes) is 1. The minimum Gasteiger partial charge on any atom is -0.356 e. The van der Waals surface area contributed by atoms with Gasteiger partial charge in [0.25, 0.3) is 0 Å². The highest BCUT2D eigenvalue weighted by molar-refractivity contribution is 5.75. The second kappa shape index (κ2) is 9.34. The zero-order chi connectivity index (χ0) is 13.2. The SMILES string of the molecule is CC1CCN(CCCCNC(=O)CCCN)CC1. The minimum atomic E-state index is 0.146. The molecule has 0 spiro atoms. The molecular formula is C14H29N3O. The highest BCUT2D eigenvalue weighted by Gasteiger charge is 2.14. The van der Waals surface area contributed by atoms with Crippen molar-refractivity contribution in [2.24, 2.45) is 11.7 Å². The molecule has 1 rings (SSSR count). The number of nitrogens with one attached hydrogen (secondary N) is 1. The second-order valence-corrected chi connectivity index (χ2v) is 5.47. The quantitative estimate of drug-likeness (QED) is 0.644. The van der Waals surface area contributed by atoms with Crippen LogP contribution in [0.4, 0.5) is 0 Å². The first-order valence-electron chi connectivity index (χ1n) is 7.41. The van der Waals surface area contributed by atoms with Crippen LogP contribution in [-0.4, -0.2) is 43.5 Å². The van der Waals surface area contributed by atoms with Crippen molar-refractivity contribution in [2.75, 3.05) is 32.7 Å². The van der Waals surface area contributed by atoms with Gasteiger partial charge in [-0.05, 0) is 64.2 Å². The first-order chi connectivity index (χ1) is 8.72. The molecule has 1 fully saturated rings. The summed E-state index contributed by atoms with van der Waals surface area (Å²) >= 11 is 0. The molecule has 0 aromatic carbocycles. The van der Waals surface area contributed by atoms with Crippen LogP contribution in [0.2, 0.25) is 0 Å². The molecule has 3 N–H and O–H groups in total. The molecule has 1 aliphatic rings. The highest BCUT2D eigenvalue weighted by atomic mass is 16.1. The van der Waals surface area contributed by atoms with Gasteiger partial charge in [-0.15, -0.1) is 0 Å². The van der Waals surface area contributed by atoms with E-state index in [2.05, 4.69) is 17.1 Å². The summed E-state index contributed by atoms with van der Waals surface area (Å²) in [6.45, 7) is 7.45. The standard InChI is InChI=1S/C14H29N3O/c1-13-6-11-17(12-7-13)10-3-2-9-16-14(18)5-4-8-15/h13H,2-12,15H2,1H3,(H,16,18). The lowest BCUT2D eigenvalue weighted by Crippen LogP contribution is -2.34. The molecule has 4 nitrogen and oxygen atoms in total. The molecule has 1 amide bonds. The van der Waals surface area contributed by atoms with Crippen molar-refractivity contribution in [1.82, 2.24) is 10.2 Å². The van der Waals surface area contributed by atoms with Crippen molar-refractivity contribution in [3.63, 3.8) is 0 Å². The number of amides is 1. The molecule has 4 heteroatoms. The molecular weight excluding hydrogens is 226 g/mol. The molecule has 0 aromatic heterocycles. The summed E-state index contributed by atoms with van der Waals surface area (Å²) in [5.41, 5.74) is 5.36. The molecule has 18 heavy (non-hydrogen) atoms. The van der Waals surface area contributed by atoms with E-state index in [0.717, 1.165) is 25.3 Å². The van der Waals surface area contributed by atoms with E-state index in [4.69, 9.17) is 5.73 Å². The third-order valence-corrected chi connectivity index (χ3v) is 3.71. The average Bonchev–Trinajstić information content (AvgIpc) is 2.38. The monoisotopic (exact) mass is 255 g/mol. The first kappa shape index (κ1) is 15.4. The molecule has 0 saturated carbocycles. The molecule has 0 radical (unpaired) electrons. The summed E-state index contributed by atoms with van der Waals surface area (Å²) in [4.78, 5) is 13.9. The van der Waals surface area contributed by atoms with Crippen LogP contribution in [0.1, 0.15) is 45.4 Å². The van der Waals surface area contributed by atoms with E-state index in [0.29, 0.717) is 13.0 Å². The van der Waals surface area contributed by atoms with Crippen LogP contribution in [-0.2, 0) is 4.79 Å². The average molecular weight is 255 g/mol. The number of carbonyl (C=O) groups excluding carboxylic acids is 1. The minimum absolute atomic E-state index is 0.146. The molecule has 0 unspecified atom stereocenters. The lowest BCUT2D eigenvalue weighted by Gasteiger charge is -2.30. The Labute approximate surface area is 111 Å². The van der Waals surface area contributed by atoms with Crippen LogP contribution in [0.3, 0.4) is 0 Å². The van der Waals surface area contributed by atoms with Crippen LogP contribution in [0.15, 0.2) is 0 Å². The van der Waals surface area contributed by atoms with Gasteiger partial charge in [0, 0.05) is 13.0 Å². The zero-order valence-electron chi connectivity index (χ0n) is 11.8. The van der Waals surface area contributed by atoms with Gasteiger partial charge in [-0.25, -0.2) is 0 Å². The number of rotatable bonds is 8. The number of nitrogens with two attached hydrogens (primary N) is 1. The Morgan fingerprint density at radius 2 is 2.00 bits per heavy atom. The van der Waals surface area contributed by atoms with Crippen molar-refractivity contribution in [2.45, 2.75) is 45.4 Å². The van der Waals surface area contributed by atoms with Crippen LogP contribution < -0.4 is 11.1 Å². The fraction of sp³-hybridized carbons (Fsp3) is 0.929. The van der Waals surface area contributed by atoms with Gasteiger partial charge >= 0.3 is 0 Å². The lowest BCUT2D eigenvalue weighted by atomic mass is 9.99. The van der Waals surface area contributed by atoms with Crippen molar-refractivity contribution in [1.29, 1.82) is 0 Å². The van der Waals surface area contributed by atoms with Gasteiger partial charge in [0.15, 0.2) is 0 Å². The van der Waals surface area contributed by atoms with Crippen LogP contribution in [0.5, 0.6) is 0 Å². The fourth-order valence-electron chi connectivity index (χ4n) is 2.32. The Morgan fingerprint density at radius 3 is 2.67 bits per heavy atom. The van der Waals surface area contributed by atoms with E-state index in [1.54, 1.807) is 0 Å². The topological polar surface area (TPSA) is 58.4 Å². The summed E-state index contributed by atoms with van der Waals surface area (Å²) < 4.78 is 0. The molecule has 1 saturated heterocycles. The van der Waals surface area contributed by atoms with Gasteiger partial charge in [0.2, 0.25) is 5.91 Å². The van der Waals surface area contributed by atoms with E-state index in [1.807, 2.05) is 0 Å². The maximum absolute atomic E-state index is 11.3. The van der Waals surface area contributed by atoms with Crippen molar-refractivity contribution >= 4 is 5.91 Å². The molecule has 0 aromatic rings. The zero-order valence-corrected chi connectivity index (χ0v) is 11.8. The van der Waals surface area contributed by atoms with E-state index in [-0.39, 0.29) is 5.91 Å². The molecule has 0 bridgehead atoms. The van der Waals surface area contributed by atoms with Crippen LogP contribution in [0.25, 0.3) is 0 Å². The number of likely N-dealkylation sites (tertiary alicyclic amines) is 1. The maximum atomic E-state index is 11.3. The Hall–Kier alpha value is -0.610. The Balaban J connectivity index is 1.90. The summed E-state index contributed by atoms with van der Waals surface area (Å²) in [6.07, 6.45) is 6.32. The van der Waals surface area contributed by atoms with E-state index >= 15 is 0 Å². The van der Waals surface area contributed by atoms with Crippen LogP contribution >= 0.6 is 0 Å². The number of hydrogen-bond donors (Lipinski definition) is 2. The van der Waals surface area contributed by atoms with Crippen molar-refractivity contribution < 1.29 is 4.79 Å². The van der Waals surface area contributed by atoms with Gasteiger partial charge in [0.05, 0.1) is 0 Å². The molecule has 0 atom stereocenters. The predicted molar refractivity (Wildman–Crippen MR) is 75.4 cm³/mol. The Morgan fingerprint density at radius 1 is 1.28 bits per heavy atom. The van der Waals surface area contributed by atoms with E-state index < -0.39 is 0 Å². The second-order valence-electron chi connectivity index (χ2n) is 5.47. The van der Waals surface area contributed by atoms with Gasteiger partial charge in [0.1, 0.15) is 0 Å². The third-order valence-electron chi connectivity index (χ3n) is 3.71. The fourth-order valence-corrected chi connectivity index (χ4v) is 2.32. The molecule has 1 aliphatic heterocycles. The molecule has 1 heterocycles. The normalized spacial score (nSPS) is 17.9. The summed E-state index contributed by atoms with van der Waals surface area (Å²) in [5, 5.41) is 2.95. The van der Waals surface area contributed by atoms with Crippen molar-refractivity contribution in [3.05, 3.63) is 0 Å². The van der Waals surface area contributed by atoms with Gasteiger partial charge in [-0.3, -0.25) is 4.79 Å². The summed E-state index contributed by atoms with van der Waals surface area (Å²) in [7, 11) is 0. The smallest absolute Gasteiger partial charge is 0.220 e. The Bertz CT molecular complexity index is 225. The van der Waals surface area contributed by atoms with E-state index in [9.17, 15) is 4.79 Å². The number of piperidine rings is 1. The molecule has 106 valence electrons. The number of hydrogen-bond acceptors (Lipinski definition) is 3. The maximum Gasteiger partial charge on any atom is 0.220 e. The lowest BCUT2D eigenvalue weighted by molar-refractivity contribution is -0.121. The number of carbonyl (C=O) groups is 1. The number of nitrogens with zero attached hydrogens (tertiary/aromatic N) is 1. The van der Waals surface area contributed by atoms with Gasteiger partial charge in [-0.2, -0.15) is 0 Å². The van der Waals surface area contributed by atoms with Gasteiger partial charge in [-0.1, -0.05) is 6.92 Å². The van der Waals surface area contributed by atoms with Crippen LogP contribution in [0, 0.1) is 5.92 Å². The summed E-state index contributed by atoms with van der Waals surface area (Å²) in [5.74, 6) is 1.05. The van der Waals surface area contributed by atoms with Gasteiger partial charge < -0.3 is 16.0 Å². The first-order valence-corrected chi connectivity index (χ1v) is 7.41. The van der Waals surface area contributed by atoms with E-state index in [1.165, 1.54) is 38.9 Å². The highest BCUT2D eigenvalue weighted by Crippen LogP contribution is 2.15. The predicted octanol–water partition coefficient (Wildman–Crippen LogP) is 1.35. The largest absolute Gasteiger partial charge is 0.356 e. The molecule has 0 aliphatic carbocycles.